The van der Waals surface area contributed by atoms with Gasteiger partial charge in [-0.05, 0) is 30.5 Å². The molecular weight excluding hydrogens is 308 g/mol. The third-order valence-electron chi connectivity index (χ3n) is 3.83. The van der Waals surface area contributed by atoms with Gasteiger partial charge in [-0.3, -0.25) is 0 Å². The largest absolute Gasteiger partial charge is 0.335 e. The Morgan fingerprint density at radius 2 is 1.83 bits per heavy atom. The summed E-state index contributed by atoms with van der Waals surface area (Å²) in [6.07, 6.45) is 3.90. The van der Waals surface area contributed by atoms with Gasteiger partial charge in [0.2, 0.25) is 15.0 Å². The van der Waals surface area contributed by atoms with Gasteiger partial charge in [0, 0.05) is 18.0 Å². The number of aryl methyl sites for hydroxylation is 2. The van der Waals surface area contributed by atoms with Gasteiger partial charge >= 0.3 is 0 Å². The Hall–Kier alpha value is -2.40. The number of nitrogens with one attached hydrogen (secondary N) is 1. The Balaban J connectivity index is 2.19. The van der Waals surface area contributed by atoms with E-state index in [0.717, 1.165) is 17.5 Å². The number of aromatic amines is 1. The first-order valence-electron chi connectivity index (χ1n) is 7.47. The molecule has 2 aromatic carbocycles. The first kappa shape index (κ1) is 15.5. The van der Waals surface area contributed by atoms with E-state index in [2.05, 4.69) is 16.9 Å². The fraction of sp³-hybridized carbons (Fsp3) is 0.167. The van der Waals surface area contributed by atoms with Crippen molar-refractivity contribution in [2.24, 2.45) is 0 Å². The summed E-state index contributed by atoms with van der Waals surface area (Å²) in [6, 6.07) is 13.3. The summed E-state index contributed by atoms with van der Waals surface area (Å²) in [5.74, 6) is 0. The molecule has 3 aromatic rings. The maximum Gasteiger partial charge on any atom is 0.240 e. The van der Waals surface area contributed by atoms with E-state index in [1.807, 2.05) is 37.3 Å². The first-order valence-corrected chi connectivity index (χ1v) is 8.95. The van der Waals surface area contributed by atoms with E-state index < -0.39 is 9.84 Å². The number of hydrogen-bond donors (Lipinski definition) is 1. The summed E-state index contributed by atoms with van der Waals surface area (Å²) >= 11 is 0. The van der Waals surface area contributed by atoms with Crippen LogP contribution < -0.4 is 0 Å². The minimum Gasteiger partial charge on any atom is -0.335 e. The van der Waals surface area contributed by atoms with E-state index in [1.165, 1.54) is 18.0 Å². The Kier molecular flexibility index (Phi) is 4.05. The van der Waals surface area contributed by atoms with Crippen molar-refractivity contribution >= 4 is 9.84 Å². The van der Waals surface area contributed by atoms with Gasteiger partial charge in [-0.25, -0.2) is 13.4 Å². The summed E-state index contributed by atoms with van der Waals surface area (Å²) in [7, 11) is -3.67. The molecule has 0 aliphatic carbocycles. The summed E-state index contributed by atoms with van der Waals surface area (Å²) in [5.41, 5.74) is 3.81. The van der Waals surface area contributed by atoms with Gasteiger partial charge in [0.05, 0.1) is 4.90 Å². The number of rotatable bonds is 4. The number of sulfone groups is 1. The molecule has 0 unspecified atom stereocenters. The topological polar surface area (TPSA) is 62.8 Å². The fourth-order valence-electron chi connectivity index (χ4n) is 2.53. The summed E-state index contributed by atoms with van der Waals surface area (Å²) in [5, 5.41) is -0.0345. The van der Waals surface area contributed by atoms with Crippen LogP contribution in [0.15, 0.2) is 64.9 Å². The first-order chi connectivity index (χ1) is 11.0. The van der Waals surface area contributed by atoms with Gasteiger partial charge in [0.15, 0.2) is 0 Å². The van der Waals surface area contributed by atoms with E-state index in [9.17, 15) is 8.42 Å². The normalized spacial score (nSPS) is 11.6. The van der Waals surface area contributed by atoms with Crippen LogP contribution >= 0.6 is 0 Å². The number of aromatic nitrogens is 2. The Labute approximate surface area is 136 Å². The summed E-state index contributed by atoms with van der Waals surface area (Å²) in [4.78, 5) is 6.86. The number of H-pyrrole nitrogens is 1. The number of benzene rings is 2. The zero-order chi connectivity index (χ0) is 16.4. The Morgan fingerprint density at radius 3 is 2.43 bits per heavy atom. The Morgan fingerprint density at radius 1 is 1.09 bits per heavy atom. The highest BCUT2D eigenvalue weighted by Gasteiger charge is 2.24. The highest BCUT2D eigenvalue weighted by molar-refractivity contribution is 7.91. The predicted molar refractivity (Wildman–Crippen MR) is 90.0 cm³/mol. The van der Waals surface area contributed by atoms with Gasteiger partial charge < -0.3 is 4.98 Å². The molecule has 0 spiro atoms. The maximum atomic E-state index is 12.8. The van der Waals surface area contributed by atoms with Crippen molar-refractivity contribution in [3.8, 4) is 11.1 Å². The van der Waals surface area contributed by atoms with Crippen LogP contribution in [0.3, 0.4) is 0 Å². The van der Waals surface area contributed by atoms with Gasteiger partial charge in [0.25, 0.3) is 0 Å². The molecule has 23 heavy (non-hydrogen) atoms. The third kappa shape index (κ3) is 2.92. The van der Waals surface area contributed by atoms with Crippen LogP contribution in [0.2, 0.25) is 0 Å². The van der Waals surface area contributed by atoms with Crippen LogP contribution in [0.1, 0.15) is 18.1 Å². The fourth-order valence-corrected chi connectivity index (χ4v) is 3.87. The zero-order valence-electron chi connectivity index (χ0n) is 13.1. The SMILES string of the molecule is CCc1ccc(-c2cc(C)ccc2S(=O)(=O)c2ncc[nH]2)cc1. The van der Waals surface area contributed by atoms with E-state index in [0.29, 0.717) is 5.56 Å². The van der Waals surface area contributed by atoms with Gasteiger partial charge in [0.1, 0.15) is 0 Å². The molecule has 3 rings (SSSR count). The highest BCUT2D eigenvalue weighted by Crippen LogP contribution is 2.31. The molecule has 5 heteroatoms. The lowest BCUT2D eigenvalue weighted by Gasteiger charge is -2.11. The summed E-state index contributed by atoms with van der Waals surface area (Å²) < 4.78 is 25.7. The lowest BCUT2D eigenvalue weighted by Crippen LogP contribution is -2.06. The predicted octanol–water partition coefficient (Wildman–Crippen LogP) is 3.78. The molecule has 0 amide bonds. The molecule has 0 aliphatic rings. The van der Waals surface area contributed by atoms with Crippen molar-refractivity contribution in [2.75, 3.05) is 0 Å². The third-order valence-corrected chi connectivity index (χ3v) is 5.49. The molecule has 0 fully saturated rings. The second-order valence-electron chi connectivity index (χ2n) is 5.45. The second kappa shape index (κ2) is 6.01. The average molecular weight is 326 g/mol. The molecule has 0 bridgehead atoms. The second-order valence-corrected chi connectivity index (χ2v) is 7.28. The minimum atomic E-state index is -3.67. The van der Waals surface area contributed by atoms with E-state index in [1.54, 1.807) is 12.1 Å². The van der Waals surface area contributed by atoms with Crippen LogP contribution in [0.4, 0.5) is 0 Å². The quantitative estimate of drug-likeness (QED) is 0.793. The lowest BCUT2D eigenvalue weighted by atomic mass is 10.0. The zero-order valence-corrected chi connectivity index (χ0v) is 13.9. The molecule has 0 radical (unpaired) electrons. The molecule has 118 valence electrons. The van der Waals surface area contributed by atoms with Crippen molar-refractivity contribution in [1.82, 2.24) is 9.97 Å². The van der Waals surface area contributed by atoms with E-state index in [-0.39, 0.29) is 10.1 Å². The number of hydrogen-bond acceptors (Lipinski definition) is 3. The van der Waals surface area contributed by atoms with Crippen molar-refractivity contribution in [2.45, 2.75) is 30.3 Å². The molecular formula is C18H18N2O2S. The molecule has 4 nitrogen and oxygen atoms in total. The molecule has 0 atom stereocenters. The van der Waals surface area contributed by atoms with Crippen LogP contribution in [-0.4, -0.2) is 18.4 Å². The molecule has 1 heterocycles. The molecule has 0 saturated heterocycles. The minimum absolute atomic E-state index is 0.0345. The van der Waals surface area contributed by atoms with Crippen LogP contribution in [0, 0.1) is 6.92 Å². The number of imidazole rings is 1. The van der Waals surface area contributed by atoms with Crippen molar-refractivity contribution in [1.29, 1.82) is 0 Å². The maximum absolute atomic E-state index is 12.8. The van der Waals surface area contributed by atoms with Crippen LogP contribution in [0.5, 0.6) is 0 Å². The highest BCUT2D eigenvalue weighted by atomic mass is 32.2. The smallest absolute Gasteiger partial charge is 0.240 e. The monoisotopic (exact) mass is 326 g/mol. The standard InChI is InChI=1S/C18H18N2O2S/c1-3-14-5-7-15(8-6-14)16-12-13(2)4-9-17(16)23(21,22)18-19-10-11-20-18/h4-12H,3H2,1-2H3,(H,19,20). The molecule has 0 saturated carbocycles. The van der Waals surface area contributed by atoms with Gasteiger partial charge in [-0.15, -0.1) is 0 Å². The van der Waals surface area contributed by atoms with Crippen molar-refractivity contribution < 1.29 is 8.42 Å². The van der Waals surface area contributed by atoms with Gasteiger partial charge in [-0.2, -0.15) is 0 Å². The summed E-state index contributed by atoms with van der Waals surface area (Å²) in [6.45, 7) is 4.04. The molecule has 1 aromatic heterocycles. The molecule has 0 aliphatic heterocycles. The van der Waals surface area contributed by atoms with Crippen LogP contribution in [0.25, 0.3) is 11.1 Å². The van der Waals surface area contributed by atoms with Crippen LogP contribution in [-0.2, 0) is 16.3 Å². The lowest BCUT2D eigenvalue weighted by molar-refractivity contribution is 0.589. The van der Waals surface area contributed by atoms with Crippen molar-refractivity contribution in [3.05, 3.63) is 66.0 Å². The van der Waals surface area contributed by atoms with Crippen molar-refractivity contribution in [3.63, 3.8) is 0 Å². The van der Waals surface area contributed by atoms with E-state index in [4.69, 9.17) is 0 Å². The van der Waals surface area contributed by atoms with E-state index >= 15 is 0 Å². The molecule has 1 N–H and O–H groups in total. The average Bonchev–Trinajstić information content (AvgIpc) is 3.10. The number of nitrogens with zero attached hydrogens (tertiary/aromatic N) is 1. The van der Waals surface area contributed by atoms with Gasteiger partial charge in [-0.1, -0.05) is 48.9 Å². The Bertz CT molecular complexity index is 912.